The first-order valence-electron chi connectivity index (χ1n) is 14.9. The molecule has 2 aliphatic heterocycles. The summed E-state index contributed by atoms with van der Waals surface area (Å²) in [6.45, 7) is 6.05. The van der Waals surface area contributed by atoms with Crippen LogP contribution in [0.25, 0.3) is 10.9 Å². The number of pyridine rings is 1. The molecule has 2 saturated heterocycles. The van der Waals surface area contributed by atoms with E-state index in [1.54, 1.807) is 34.1 Å². The molecule has 2 aliphatic rings. The first-order chi connectivity index (χ1) is 20.8. The van der Waals surface area contributed by atoms with Crippen LogP contribution in [0.1, 0.15) is 50.0 Å². The third kappa shape index (κ3) is 8.11. The predicted octanol–water partition coefficient (Wildman–Crippen LogP) is 1.55. The number of hydrogen-bond donors (Lipinski definition) is 2. The molecule has 4 rings (SSSR count). The maximum atomic E-state index is 13.0. The summed E-state index contributed by atoms with van der Waals surface area (Å²) in [5.41, 5.74) is 0.530. The number of likely N-dealkylation sites (N-methyl/N-ethyl adjacent to an activating group) is 1. The Morgan fingerprint density at radius 2 is 1.70 bits per heavy atom. The van der Waals surface area contributed by atoms with E-state index in [1.807, 2.05) is 13.8 Å². The zero-order valence-electron chi connectivity index (χ0n) is 24.8. The van der Waals surface area contributed by atoms with E-state index >= 15 is 0 Å². The topological polar surface area (TPSA) is 150 Å². The number of unbranched alkanes of at least 4 members (excludes halogenated alkanes) is 1. The standard InChI is InChI=1S/C30H40N6O7/c1-3-5-17-42-30(41)35-15-13-34(14-16-35)26(37)19-32-28(39)23-18-25(21-9-6-7-10-22(21)33-23)43-20-27(38)36-12-8-11-24(36)29(40)31-4-2/h6-7,9-10,18,24H,3-5,8,11-17,19-20H2,1-2H3,(H,31,40)(H,32,39)/t24-/m0/s1. The number of carbonyl (C=O) groups is 5. The maximum absolute atomic E-state index is 13.0. The number of aromatic nitrogens is 1. The van der Waals surface area contributed by atoms with Gasteiger partial charge in [0.2, 0.25) is 11.8 Å². The van der Waals surface area contributed by atoms with Gasteiger partial charge in [0, 0.05) is 50.7 Å². The third-order valence-electron chi connectivity index (χ3n) is 7.50. The van der Waals surface area contributed by atoms with Crippen LogP contribution >= 0.6 is 0 Å². The highest BCUT2D eigenvalue weighted by molar-refractivity contribution is 5.98. The second-order valence-corrected chi connectivity index (χ2v) is 10.5. The van der Waals surface area contributed by atoms with Crippen molar-refractivity contribution in [2.24, 2.45) is 0 Å². The van der Waals surface area contributed by atoms with E-state index in [2.05, 4.69) is 15.6 Å². The highest BCUT2D eigenvalue weighted by Crippen LogP contribution is 2.26. The van der Waals surface area contributed by atoms with Crippen molar-refractivity contribution in [1.82, 2.24) is 30.3 Å². The van der Waals surface area contributed by atoms with Gasteiger partial charge in [-0.15, -0.1) is 0 Å². The number of rotatable bonds is 11. The summed E-state index contributed by atoms with van der Waals surface area (Å²) in [6, 6.07) is 8.00. The van der Waals surface area contributed by atoms with E-state index < -0.39 is 11.9 Å². The van der Waals surface area contributed by atoms with Crippen LogP contribution in [0.2, 0.25) is 0 Å². The smallest absolute Gasteiger partial charge is 0.409 e. The lowest BCUT2D eigenvalue weighted by molar-refractivity contribution is -0.139. The molecule has 0 aliphatic carbocycles. The van der Waals surface area contributed by atoms with Crippen molar-refractivity contribution in [2.75, 3.05) is 59.0 Å². The van der Waals surface area contributed by atoms with E-state index in [-0.39, 0.29) is 42.7 Å². The number of ether oxygens (including phenoxy) is 2. The van der Waals surface area contributed by atoms with Crippen molar-refractivity contribution in [1.29, 1.82) is 0 Å². The number of fused-ring (bicyclic) bond motifs is 1. The molecular weight excluding hydrogens is 556 g/mol. The molecule has 43 heavy (non-hydrogen) atoms. The van der Waals surface area contributed by atoms with Crippen molar-refractivity contribution in [2.45, 2.75) is 45.6 Å². The first kappa shape index (κ1) is 31.5. The molecule has 232 valence electrons. The van der Waals surface area contributed by atoms with Crippen molar-refractivity contribution in [3.63, 3.8) is 0 Å². The summed E-state index contributed by atoms with van der Waals surface area (Å²) in [7, 11) is 0. The van der Waals surface area contributed by atoms with Crippen molar-refractivity contribution >= 4 is 40.6 Å². The Kier molecular flexibility index (Phi) is 11.1. The lowest BCUT2D eigenvalue weighted by Gasteiger charge is -2.34. The van der Waals surface area contributed by atoms with Gasteiger partial charge in [0.05, 0.1) is 18.7 Å². The van der Waals surface area contributed by atoms with Gasteiger partial charge >= 0.3 is 6.09 Å². The number of nitrogens with zero attached hydrogens (tertiary/aromatic N) is 4. The Hall–Kier alpha value is -4.42. The number of amides is 5. The zero-order chi connectivity index (χ0) is 30.8. The summed E-state index contributed by atoms with van der Waals surface area (Å²) < 4.78 is 11.1. The molecule has 0 unspecified atom stereocenters. The van der Waals surface area contributed by atoms with E-state index in [9.17, 15) is 24.0 Å². The molecule has 1 aromatic carbocycles. The van der Waals surface area contributed by atoms with Gasteiger partial charge in [-0.1, -0.05) is 25.5 Å². The lowest BCUT2D eigenvalue weighted by Crippen LogP contribution is -2.52. The highest BCUT2D eigenvalue weighted by Gasteiger charge is 2.34. The number of piperazine rings is 1. The van der Waals surface area contributed by atoms with Gasteiger partial charge in [0.15, 0.2) is 6.61 Å². The molecule has 1 aromatic heterocycles. The number of benzene rings is 1. The average molecular weight is 597 g/mol. The van der Waals surface area contributed by atoms with Crippen molar-refractivity contribution in [3.05, 3.63) is 36.0 Å². The third-order valence-corrected chi connectivity index (χ3v) is 7.50. The fourth-order valence-electron chi connectivity index (χ4n) is 5.12. The molecule has 2 N–H and O–H groups in total. The molecule has 5 amide bonds. The quantitative estimate of drug-likeness (QED) is 0.371. The fraction of sp³-hybridized carbons (Fsp3) is 0.533. The van der Waals surface area contributed by atoms with Crippen LogP contribution < -0.4 is 15.4 Å². The summed E-state index contributed by atoms with van der Waals surface area (Å²) in [4.78, 5) is 72.5. The van der Waals surface area contributed by atoms with E-state index in [0.717, 1.165) is 19.3 Å². The SMILES string of the molecule is CCCCOC(=O)N1CCN(C(=O)CNC(=O)c2cc(OCC(=O)N3CCC[C@H]3C(=O)NCC)c3ccccc3n2)CC1. The van der Waals surface area contributed by atoms with E-state index in [0.29, 0.717) is 68.9 Å². The minimum atomic E-state index is -0.565. The van der Waals surface area contributed by atoms with Gasteiger partial charge in [-0.2, -0.15) is 0 Å². The van der Waals surface area contributed by atoms with Crippen molar-refractivity contribution in [3.8, 4) is 5.75 Å². The number of hydrogen-bond acceptors (Lipinski definition) is 8. The van der Waals surface area contributed by atoms with Crippen LogP contribution in [0.3, 0.4) is 0 Å². The molecule has 2 fully saturated rings. The molecule has 3 heterocycles. The Balaban J connectivity index is 1.34. The van der Waals surface area contributed by atoms with Gasteiger partial charge in [0.25, 0.3) is 11.8 Å². The molecule has 13 heteroatoms. The highest BCUT2D eigenvalue weighted by atomic mass is 16.6. The fourth-order valence-corrected chi connectivity index (χ4v) is 5.12. The largest absolute Gasteiger partial charge is 0.483 e. The van der Waals surface area contributed by atoms with Gasteiger partial charge in [-0.25, -0.2) is 9.78 Å². The number of likely N-dealkylation sites (tertiary alicyclic amines) is 1. The second kappa shape index (κ2) is 15.2. The Bertz CT molecular complexity index is 1330. The van der Waals surface area contributed by atoms with Crippen LogP contribution in [0.4, 0.5) is 4.79 Å². The molecule has 0 spiro atoms. The predicted molar refractivity (Wildman–Crippen MR) is 157 cm³/mol. The molecule has 0 saturated carbocycles. The zero-order valence-corrected chi connectivity index (χ0v) is 24.8. The van der Waals surface area contributed by atoms with E-state index in [4.69, 9.17) is 9.47 Å². The minimum absolute atomic E-state index is 0.0370. The van der Waals surface area contributed by atoms with Gasteiger partial charge in [-0.3, -0.25) is 19.2 Å². The monoisotopic (exact) mass is 596 g/mol. The number of carbonyl (C=O) groups excluding carboxylic acids is 5. The molecule has 13 nitrogen and oxygen atoms in total. The van der Waals surface area contributed by atoms with Crippen LogP contribution in [0.15, 0.2) is 30.3 Å². The van der Waals surface area contributed by atoms with Crippen molar-refractivity contribution < 1.29 is 33.4 Å². The Morgan fingerprint density at radius 1 is 0.953 bits per heavy atom. The normalized spacial score (nSPS) is 16.6. The summed E-state index contributed by atoms with van der Waals surface area (Å²) in [5.74, 6) is -1.04. The summed E-state index contributed by atoms with van der Waals surface area (Å²) >= 11 is 0. The molecule has 2 aromatic rings. The summed E-state index contributed by atoms with van der Waals surface area (Å²) in [5, 5.41) is 6.02. The number of para-hydroxylation sites is 1. The summed E-state index contributed by atoms with van der Waals surface area (Å²) in [6.07, 6.45) is 2.69. The van der Waals surface area contributed by atoms with Gasteiger partial charge < -0.3 is 34.8 Å². The second-order valence-electron chi connectivity index (χ2n) is 10.5. The van der Waals surface area contributed by atoms with Crippen LogP contribution in [-0.4, -0.2) is 114 Å². The number of nitrogens with one attached hydrogen (secondary N) is 2. The minimum Gasteiger partial charge on any atom is -0.483 e. The average Bonchev–Trinajstić information content (AvgIpc) is 3.53. The molecule has 0 radical (unpaired) electrons. The molecule has 1 atom stereocenters. The molecular formula is C30H40N6O7. The lowest BCUT2D eigenvalue weighted by atomic mass is 10.1. The van der Waals surface area contributed by atoms with E-state index in [1.165, 1.54) is 11.0 Å². The molecule has 0 bridgehead atoms. The van der Waals surface area contributed by atoms with Gasteiger partial charge in [-0.05, 0) is 38.3 Å². The Labute approximate surface area is 250 Å². The van der Waals surface area contributed by atoms with Crippen LogP contribution in [0, 0.1) is 0 Å². The Morgan fingerprint density at radius 3 is 2.44 bits per heavy atom. The maximum Gasteiger partial charge on any atom is 0.409 e. The van der Waals surface area contributed by atoms with Crippen LogP contribution in [0.5, 0.6) is 5.75 Å². The first-order valence-corrected chi connectivity index (χ1v) is 14.9. The van der Waals surface area contributed by atoms with Crippen LogP contribution in [-0.2, 0) is 19.1 Å². The van der Waals surface area contributed by atoms with Gasteiger partial charge in [0.1, 0.15) is 17.5 Å².